The molecule has 0 amide bonds. The van der Waals surface area contributed by atoms with Crippen LogP contribution in [0.5, 0.6) is 0 Å². The number of thiol groups is 1. The first-order chi connectivity index (χ1) is 9.10. The molecule has 0 saturated heterocycles. The summed E-state index contributed by atoms with van der Waals surface area (Å²) in [5, 5.41) is 9.96. The molecule has 0 spiro atoms. The zero-order valence-corrected chi connectivity index (χ0v) is 11.4. The lowest BCUT2D eigenvalue weighted by atomic mass is 10.0. The molecule has 106 valence electrons. The first kappa shape index (κ1) is 15.9. The van der Waals surface area contributed by atoms with E-state index in [4.69, 9.17) is 10.5 Å². The molecule has 1 rings (SSSR count). The SMILES string of the molecule is CCOC(=O)[C@@H](N)[C@H](O)c1ccc(COOS)cc1. The van der Waals surface area contributed by atoms with E-state index in [9.17, 15) is 9.90 Å². The van der Waals surface area contributed by atoms with Crippen molar-refractivity contribution in [2.45, 2.75) is 25.7 Å². The number of aliphatic hydroxyl groups excluding tert-OH is 1. The van der Waals surface area contributed by atoms with Gasteiger partial charge in [0.25, 0.3) is 0 Å². The van der Waals surface area contributed by atoms with Gasteiger partial charge >= 0.3 is 5.97 Å². The maximum Gasteiger partial charge on any atom is 0.325 e. The van der Waals surface area contributed by atoms with Gasteiger partial charge in [-0.25, -0.2) is 4.89 Å². The Bertz CT molecular complexity index is 398. The average molecular weight is 287 g/mol. The summed E-state index contributed by atoms with van der Waals surface area (Å²) in [4.78, 5) is 16.1. The number of hydrogen-bond donors (Lipinski definition) is 3. The number of rotatable bonds is 7. The van der Waals surface area contributed by atoms with E-state index in [1.807, 2.05) is 0 Å². The Balaban J connectivity index is 2.66. The minimum atomic E-state index is -1.12. The monoisotopic (exact) mass is 287 g/mol. The van der Waals surface area contributed by atoms with E-state index in [-0.39, 0.29) is 13.2 Å². The van der Waals surface area contributed by atoms with Gasteiger partial charge in [-0.05, 0) is 18.1 Å². The molecule has 0 aromatic heterocycles. The number of carbonyl (C=O) groups excluding carboxylic acids is 1. The summed E-state index contributed by atoms with van der Waals surface area (Å²) in [5.41, 5.74) is 6.97. The Morgan fingerprint density at radius 3 is 2.58 bits per heavy atom. The van der Waals surface area contributed by atoms with Crippen molar-refractivity contribution in [3.05, 3.63) is 35.4 Å². The number of benzene rings is 1. The summed E-state index contributed by atoms with van der Waals surface area (Å²) in [6.07, 6.45) is -1.12. The van der Waals surface area contributed by atoms with Crippen LogP contribution in [0.15, 0.2) is 24.3 Å². The number of esters is 1. The maximum absolute atomic E-state index is 11.4. The summed E-state index contributed by atoms with van der Waals surface area (Å²) in [7, 11) is 0. The molecule has 1 aromatic rings. The van der Waals surface area contributed by atoms with Crippen LogP contribution in [0.25, 0.3) is 0 Å². The van der Waals surface area contributed by atoms with Gasteiger partial charge in [0.05, 0.1) is 6.61 Å². The highest BCUT2D eigenvalue weighted by Crippen LogP contribution is 2.17. The Morgan fingerprint density at radius 1 is 1.42 bits per heavy atom. The largest absolute Gasteiger partial charge is 0.465 e. The van der Waals surface area contributed by atoms with Crippen LogP contribution < -0.4 is 5.73 Å². The topological polar surface area (TPSA) is 91.0 Å². The number of hydrogen-bond acceptors (Lipinski definition) is 7. The fourth-order valence-electron chi connectivity index (χ4n) is 1.48. The van der Waals surface area contributed by atoms with Gasteiger partial charge in [0.1, 0.15) is 18.8 Å². The summed E-state index contributed by atoms with van der Waals surface area (Å²) < 4.78 is 8.94. The number of aliphatic hydroxyl groups is 1. The third-order valence-electron chi connectivity index (χ3n) is 2.50. The summed E-state index contributed by atoms with van der Waals surface area (Å²) in [6.45, 7) is 2.12. The van der Waals surface area contributed by atoms with E-state index in [0.717, 1.165) is 5.56 Å². The molecule has 0 aliphatic carbocycles. The van der Waals surface area contributed by atoms with Gasteiger partial charge in [-0.2, -0.15) is 4.33 Å². The fraction of sp³-hybridized carbons (Fsp3) is 0.417. The highest BCUT2D eigenvalue weighted by atomic mass is 32.1. The molecule has 2 atom stereocenters. The van der Waals surface area contributed by atoms with Crippen molar-refractivity contribution in [2.24, 2.45) is 5.73 Å². The lowest BCUT2D eigenvalue weighted by Crippen LogP contribution is -2.38. The molecule has 0 aliphatic rings. The molecular weight excluding hydrogens is 270 g/mol. The normalized spacial score (nSPS) is 13.9. The highest BCUT2D eigenvalue weighted by Gasteiger charge is 2.25. The quantitative estimate of drug-likeness (QED) is 0.227. The van der Waals surface area contributed by atoms with Gasteiger partial charge in [-0.1, -0.05) is 24.3 Å². The van der Waals surface area contributed by atoms with Crippen LogP contribution in [0, 0.1) is 0 Å². The molecule has 0 bridgehead atoms. The summed E-state index contributed by atoms with van der Waals surface area (Å²) in [6, 6.07) is 5.65. The Hall–Kier alpha value is -1.12. The van der Waals surface area contributed by atoms with Gasteiger partial charge in [0, 0.05) is 12.9 Å². The van der Waals surface area contributed by atoms with Crippen molar-refractivity contribution in [1.82, 2.24) is 0 Å². The zero-order valence-electron chi connectivity index (χ0n) is 10.5. The van der Waals surface area contributed by atoms with Crippen molar-refractivity contribution in [2.75, 3.05) is 6.61 Å². The van der Waals surface area contributed by atoms with Crippen molar-refractivity contribution in [3.63, 3.8) is 0 Å². The highest BCUT2D eigenvalue weighted by molar-refractivity contribution is 7.74. The molecule has 0 saturated carbocycles. The molecule has 7 heteroatoms. The van der Waals surface area contributed by atoms with Crippen LogP contribution in [0.4, 0.5) is 0 Å². The van der Waals surface area contributed by atoms with E-state index < -0.39 is 18.1 Å². The standard InChI is InChI=1S/C12H17NO5S/c1-2-16-12(15)10(13)11(14)9-5-3-8(4-6-9)7-17-18-19/h3-6,10-11,14,19H,2,7,13H2,1H3/t10-,11+/m0/s1. The molecule has 1 aromatic carbocycles. The van der Waals surface area contributed by atoms with Crippen LogP contribution in [-0.2, 0) is 25.4 Å². The molecule has 0 heterocycles. The number of nitrogens with two attached hydrogens (primary N) is 1. The molecule has 0 unspecified atom stereocenters. The van der Waals surface area contributed by atoms with Gasteiger partial charge < -0.3 is 15.6 Å². The van der Waals surface area contributed by atoms with Crippen LogP contribution in [0.3, 0.4) is 0 Å². The van der Waals surface area contributed by atoms with E-state index in [1.165, 1.54) is 0 Å². The third kappa shape index (κ3) is 4.81. The van der Waals surface area contributed by atoms with E-state index in [1.54, 1.807) is 31.2 Å². The minimum absolute atomic E-state index is 0.221. The predicted octanol–water partition coefficient (Wildman–Crippen LogP) is 0.903. The van der Waals surface area contributed by atoms with Crippen LogP contribution in [-0.4, -0.2) is 23.7 Å². The second kappa shape index (κ2) is 8.13. The number of carbonyl (C=O) groups is 1. The summed E-state index contributed by atoms with van der Waals surface area (Å²) in [5.74, 6) is -0.633. The molecule has 6 nitrogen and oxygen atoms in total. The second-order valence-corrected chi connectivity index (χ2v) is 3.95. The van der Waals surface area contributed by atoms with Crippen molar-refractivity contribution in [3.8, 4) is 0 Å². The van der Waals surface area contributed by atoms with Crippen molar-refractivity contribution < 1.29 is 23.9 Å². The molecule has 0 radical (unpaired) electrons. The maximum atomic E-state index is 11.4. The minimum Gasteiger partial charge on any atom is -0.465 e. The van der Waals surface area contributed by atoms with E-state index in [2.05, 4.69) is 22.1 Å². The smallest absolute Gasteiger partial charge is 0.325 e. The molecule has 0 fully saturated rings. The Labute approximate surface area is 117 Å². The van der Waals surface area contributed by atoms with Gasteiger partial charge in [-0.15, -0.1) is 0 Å². The second-order valence-electron chi connectivity index (χ2n) is 3.80. The van der Waals surface area contributed by atoms with Crippen LogP contribution >= 0.6 is 12.9 Å². The molecular formula is C12H17NO5S. The Morgan fingerprint density at radius 2 is 2.05 bits per heavy atom. The zero-order chi connectivity index (χ0) is 14.3. The van der Waals surface area contributed by atoms with Gasteiger partial charge in [-0.3, -0.25) is 4.79 Å². The lowest BCUT2D eigenvalue weighted by Gasteiger charge is -2.17. The molecule has 3 N–H and O–H groups in total. The lowest BCUT2D eigenvalue weighted by molar-refractivity contribution is -0.199. The fourth-order valence-corrected chi connectivity index (χ4v) is 1.53. The number of ether oxygens (including phenoxy) is 1. The van der Waals surface area contributed by atoms with Gasteiger partial charge in [0.15, 0.2) is 0 Å². The van der Waals surface area contributed by atoms with Crippen LogP contribution in [0.2, 0.25) is 0 Å². The predicted molar refractivity (Wildman–Crippen MR) is 70.9 cm³/mol. The molecule has 0 aliphatic heterocycles. The van der Waals surface area contributed by atoms with Crippen LogP contribution in [0.1, 0.15) is 24.2 Å². The Kier molecular flexibility index (Phi) is 6.82. The molecule has 19 heavy (non-hydrogen) atoms. The third-order valence-corrected chi connectivity index (χ3v) is 2.60. The van der Waals surface area contributed by atoms with Crippen molar-refractivity contribution in [1.29, 1.82) is 0 Å². The first-order valence-corrected chi connectivity index (χ1v) is 6.08. The first-order valence-electron chi connectivity index (χ1n) is 5.72. The van der Waals surface area contributed by atoms with Gasteiger partial charge in [0.2, 0.25) is 0 Å². The van der Waals surface area contributed by atoms with Crippen molar-refractivity contribution >= 4 is 18.9 Å². The van der Waals surface area contributed by atoms with E-state index in [0.29, 0.717) is 5.56 Å². The van der Waals surface area contributed by atoms with E-state index >= 15 is 0 Å². The summed E-state index contributed by atoms with van der Waals surface area (Å²) >= 11 is 3.44. The average Bonchev–Trinajstić information content (AvgIpc) is 2.44.